The van der Waals surface area contributed by atoms with Crippen LogP contribution in [0.15, 0.2) is 18.2 Å². The van der Waals surface area contributed by atoms with Crippen molar-refractivity contribution in [3.8, 4) is 0 Å². The maximum absolute atomic E-state index is 12.4. The van der Waals surface area contributed by atoms with Crippen molar-refractivity contribution in [3.63, 3.8) is 0 Å². The molecule has 0 aliphatic carbocycles. The van der Waals surface area contributed by atoms with Crippen molar-refractivity contribution in [2.45, 2.75) is 45.6 Å². The Morgan fingerprint density at radius 1 is 1.32 bits per heavy atom. The molecule has 1 aliphatic heterocycles. The number of rotatable bonds is 5. The van der Waals surface area contributed by atoms with E-state index in [4.69, 9.17) is 0 Å². The Bertz CT molecular complexity index is 679. The molecular weight excluding hydrogens is 300 g/mol. The molecule has 6 heteroatoms. The van der Waals surface area contributed by atoms with Crippen molar-refractivity contribution in [3.05, 3.63) is 29.3 Å². The van der Waals surface area contributed by atoms with Crippen molar-refractivity contribution in [2.24, 2.45) is 0 Å². The lowest BCUT2D eigenvalue weighted by Crippen LogP contribution is -2.44. The first-order chi connectivity index (χ1) is 10.2. The monoisotopic (exact) mass is 324 g/mol. The molecule has 0 aromatic heterocycles. The van der Waals surface area contributed by atoms with E-state index >= 15 is 0 Å². The molecule has 22 heavy (non-hydrogen) atoms. The van der Waals surface area contributed by atoms with Crippen molar-refractivity contribution in [1.29, 1.82) is 0 Å². The fourth-order valence-corrected chi connectivity index (χ4v) is 3.59. The molecular formula is C16H24N2O3S. The zero-order chi connectivity index (χ0) is 16.5. The summed E-state index contributed by atoms with van der Waals surface area (Å²) >= 11 is 0. The Hall–Kier alpha value is -1.56. The first-order valence-corrected chi connectivity index (χ1v) is 9.48. The summed E-state index contributed by atoms with van der Waals surface area (Å²) in [6, 6.07) is 5.23. The predicted molar refractivity (Wildman–Crippen MR) is 88.8 cm³/mol. The van der Waals surface area contributed by atoms with Gasteiger partial charge in [0.05, 0.1) is 11.9 Å². The minimum Gasteiger partial charge on any atom is -0.347 e. The molecule has 1 aliphatic rings. The van der Waals surface area contributed by atoms with E-state index in [0.29, 0.717) is 24.2 Å². The van der Waals surface area contributed by atoms with Gasteiger partial charge in [-0.05, 0) is 49.9 Å². The van der Waals surface area contributed by atoms with Gasteiger partial charge in [0.25, 0.3) is 5.91 Å². The summed E-state index contributed by atoms with van der Waals surface area (Å²) in [4.78, 5) is 12.4. The van der Waals surface area contributed by atoms with E-state index in [1.54, 1.807) is 12.1 Å². The number of fused-ring (bicyclic) bond motifs is 1. The van der Waals surface area contributed by atoms with Crippen molar-refractivity contribution in [2.75, 3.05) is 17.1 Å². The zero-order valence-corrected chi connectivity index (χ0v) is 14.5. The molecule has 0 bridgehead atoms. The lowest BCUT2D eigenvalue weighted by Gasteiger charge is -2.28. The van der Waals surface area contributed by atoms with Crippen LogP contribution in [0, 0.1) is 0 Å². The van der Waals surface area contributed by atoms with Crippen LogP contribution in [0.3, 0.4) is 0 Å². The molecule has 0 radical (unpaired) electrons. The van der Waals surface area contributed by atoms with Gasteiger partial charge >= 0.3 is 0 Å². The number of carbonyl (C=O) groups excluding carboxylic acids is 1. The smallest absolute Gasteiger partial charge is 0.251 e. The van der Waals surface area contributed by atoms with Crippen molar-refractivity contribution in [1.82, 2.24) is 5.32 Å². The van der Waals surface area contributed by atoms with E-state index < -0.39 is 10.0 Å². The third kappa shape index (κ3) is 3.27. The van der Waals surface area contributed by atoms with Crippen LogP contribution in [0.25, 0.3) is 0 Å². The van der Waals surface area contributed by atoms with Crippen LogP contribution >= 0.6 is 0 Å². The van der Waals surface area contributed by atoms with Crippen LogP contribution in [0.5, 0.6) is 0 Å². The standard InChI is InChI=1S/C16H24N2O3S/c1-5-16(3,6-2)17-15(19)13-7-8-14-12(11-13)9-10-18(14)22(4,20)21/h7-8,11H,5-6,9-10H2,1-4H3,(H,17,19). The van der Waals surface area contributed by atoms with Crippen LogP contribution in [0.1, 0.15) is 49.5 Å². The molecule has 0 unspecified atom stereocenters. The highest BCUT2D eigenvalue weighted by Gasteiger charge is 2.28. The van der Waals surface area contributed by atoms with E-state index in [9.17, 15) is 13.2 Å². The average molecular weight is 324 g/mol. The van der Waals surface area contributed by atoms with Gasteiger partial charge in [-0.15, -0.1) is 0 Å². The molecule has 0 saturated carbocycles. The van der Waals surface area contributed by atoms with Gasteiger partial charge in [-0.2, -0.15) is 0 Å². The van der Waals surface area contributed by atoms with Gasteiger partial charge in [-0.3, -0.25) is 9.10 Å². The maximum Gasteiger partial charge on any atom is 0.251 e. The molecule has 1 aromatic rings. The third-order valence-corrected chi connectivity index (χ3v) is 5.75. The molecule has 122 valence electrons. The van der Waals surface area contributed by atoms with Crippen LogP contribution in [0.2, 0.25) is 0 Å². The lowest BCUT2D eigenvalue weighted by molar-refractivity contribution is 0.0901. The summed E-state index contributed by atoms with van der Waals surface area (Å²) in [6.07, 6.45) is 3.57. The van der Waals surface area contributed by atoms with Crippen LogP contribution in [-0.2, 0) is 16.4 Å². The van der Waals surface area contributed by atoms with Crippen LogP contribution < -0.4 is 9.62 Å². The number of carbonyl (C=O) groups is 1. The normalized spacial score (nSPS) is 14.8. The van der Waals surface area contributed by atoms with E-state index in [2.05, 4.69) is 19.2 Å². The fourth-order valence-electron chi connectivity index (χ4n) is 2.63. The lowest BCUT2D eigenvalue weighted by atomic mass is 9.95. The molecule has 1 amide bonds. The third-order valence-electron chi connectivity index (χ3n) is 4.57. The van der Waals surface area contributed by atoms with Gasteiger partial charge in [0.1, 0.15) is 0 Å². The number of hydrogen-bond acceptors (Lipinski definition) is 3. The van der Waals surface area contributed by atoms with E-state index in [-0.39, 0.29) is 11.4 Å². The Morgan fingerprint density at radius 2 is 1.95 bits per heavy atom. The van der Waals surface area contributed by atoms with E-state index in [0.717, 1.165) is 18.4 Å². The summed E-state index contributed by atoms with van der Waals surface area (Å²) in [7, 11) is -3.25. The van der Waals surface area contributed by atoms with E-state index in [1.165, 1.54) is 10.6 Å². The number of anilines is 1. The average Bonchev–Trinajstić information content (AvgIpc) is 2.90. The Kier molecular flexibility index (Phi) is 4.52. The summed E-state index contributed by atoms with van der Waals surface area (Å²) < 4.78 is 24.8. The number of hydrogen-bond donors (Lipinski definition) is 1. The first-order valence-electron chi connectivity index (χ1n) is 7.63. The maximum atomic E-state index is 12.4. The second-order valence-corrected chi connectivity index (χ2v) is 8.06. The van der Waals surface area contributed by atoms with Crippen molar-refractivity contribution >= 4 is 21.6 Å². The Morgan fingerprint density at radius 3 is 2.50 bits per heavy atom. The highest BCUT2D eigenvalue weighted by atomic mass is 32.2. The number of nitrogens with one attached hydrogen (secondary N) is 1. The first kappa shape index (κ1) is 16.8. The van der Waals surface area contributed by atoms with Crippen LogP contribution in [-0.4, -0.2) is 32.7 Å². The largest absolute Gasteiger partial charge is 0.347 e. The van der Waals surface area contributed by atoms with E-state index in [1.807, 2.05) is 13.0 Å². The van der Waals surface area contributed by atoms with Gasteiger partial charge < -0.3 is 5.32 Å². The van der Waals surface area contributed by atoms with Gasteiger partial charge in [-0.1, -0.05) is 13.8 Å². The quantitative estimate of drug-likeness (QED) is 0.904. The van der Waals surface area contributed by atoms with Gasteiger partial charge in [0.15, 0.2) is 0 Å². The number of sulfonamides is 1. The molecule has 0 fully saturated rings. The molecule has 0 atom stereocenters. The summed E-state index contributed by atoms with van der Waals surface area (Å²) in [5.74, 6) is -0.105. The summed E-state index contributed by atoms with van der Waals surface area (Å²) in [6.45, 7) is 6.58. The Balaban J connectivity index is 2.25. The SMILES string of the molecule is CCC(C)(CC)NC(=O)c1ccc2c(c1)CCN2S(C)(=O)=O. The van der Waals surface area contributed by atoms with Crippen molar-refractivity contribution < 1.29 is 13.2 Å². The summed E-state index contributed by atoms with van der Waals surface area (Å²) in [5, 5.41) is 3.07. The molecule has 1 heterocycles. The van der Waals surface area contributed by atoms with Gasteiger partial charge in [-0.25, -0.2) is 8.42 Å². The zero-order valence-electron chi connectivity index (χ0n) is 13.6. The van der Waals surface area contributed by atoms with Gasteiger partial charge in [0.2, 0.25) is 10.0 Å². The summed E-state index contributed by atoms with van der Waals surface area (Å²) in [5.41, 5.74) is 1.97. The predicted octanol–water partition coefficient (Wildman–Crippen LogP) is 2.32. The second kappa shape index (κ2) is 5.91. The fraction of sp³-hybridized carbons (Fsp3) is 0.562. The number of nitrogens with zero attached hydrogens (tertiary/aromatic N) is 1. The minimum absolute atomic E-state index is 0.105. The topological polar surface area (TPSA) is 66.5 Å². The van der Waals surface area contributed by atoms with Gasteiger partial charge in [0, 0.05) is 17.6 Å². The molecule has 2 rings (SSSR count). The number of amides is 1. The molecule has 1 N–H and O–H groups in total. The highest BCUT2D eigenvalue weighted by Crippen LogP contribution is 2.30. The molecule has 0 saturated heterocycles. The second-order valence-electron chi connectivity index (χ2n) is 6.15. The minimum atomic E-state index is -3.25. The number of benzene rings is 1. The molecule has 0 spiro atoms. The highest BCUT2D eigenvalue weighted by molar-refractivity contribution is 7.92. The Labute approximate surface area is 132 Å². The molecule has 5 nitrogen and oxygen atoms in total. The van der Waals surface area contributed by atoms with Crippen LogP contribution in [0.4, 0.5) is 5.69 Å². The molecule has 1 aromatic carbocycles.